The van der Waals surface area contributed by atoms with Crippen molar-refractivity contribution < 1.29 is 27.8 Å². The number of methoxy groups -OCH3 is 1. The molecule has 0 aliphatic carbocycles. The Morgan fingerprint density at radius 1 is 1.13 bits per heavy atom. The van der Waals surface area contributed by atoms with Crippen LogP contribution in [0.2, 0.25) is 0 Å². The summed E-state index contributed by atoms with van der Waals surface area (Å²) >= 11 is 0. The van der Waals surface area contributed by atoms with E-state index in [1.807, 2.05) is 0 Å². The fourth-order valence-electron chi connectivity index (χ4n) is 1.67. The standard InChI is InChI=1S/C15H20F2N2O4/c1-9(2)13(20)18-6-7-19-14(21)10-4-5-11(23-15(16)17)12(8-10)22-3/h4-5,8-9,15H,6-7H2,1-3H3,(H,18,20)(H,19,21). The molecular formula is C15H20F2N2O4. The molecule has 8 heteroatoms. The van der Waals surface area contributed by atoms with Crippen LogP contribution in [0.15, 0.2) is 18.2 Å². The first kappa shape index (κ1) is 18.7. The number of rotatable bonds is 8. The van der Waals surface area contributed by atoms with Crippen molar-refractivity contribution in [3.63, 3.8) is 0 Å². The van der Waals surface area contributed by atoms with E-state index in [1.165, 1.54) is 25.3 Å². The highest BCUT2D eigenvalue weighted by Gasteiger charge is 2.14. The van der Waals surface area contributed by atoms with Crippen LogP contribution in [-0.4, -0.2) is 38.6 Å². The van der Waals surface area contributed by atoms with Crippen LogP contribution in [0.4, 0.5) is 8.78 Å². The van der Waals surface area contributed by atoms with Crippen molar-refractivity contribution in [2.75, 3.05) is 20.2 Å². The molecule has 6 nitrogen and oxygen atoms in total. The highest BCUT2D eigenvalue weighted by Crippen LogP contribution is 2.29. The molecule has 0 atom stereocenters. The summed E-state index contributed by atoms with van der Waals surface area (Å²) in [5, 5.41) is 5.27. The molecule has 1 rings (SSSR count). The van der Waals surface area contributed by atoms with Crippen molar-refractivity contribution in [3.05, 3.63) is 23.8 Å². The Kier molecular flexibility index (Phi) is 7.24. The minimum atomic E-state index is -2.98. The lowest BCUT2D eigenvalue weighted by atomic mass is 10.2. The molecule has 0 aliphatic rings. The van der Waals surface area contributed by atoms with Crippen LogP contribution in [0.25, 0.3) is 0 Å². The van der Waals surface area contributed by atoms with Crippen LogP contribution in [0.5, 0.6) is 11.5 Å². The molecule has 23 heavy (non-hydrogen) atoms. The maximum absolute atomic E-state index is 12.2. The molecule has 0 bridgehead atoms. The summed E-state index contributed by atoms with van der Waals surface area (Å²) in [6.45, 7) is 1.10. The van der Waals surface area contributed by atoms with Gasteiger partial charge < -0.3 is 20.1 Å². The number of hydrogen-bond donors (Lipinski definition) is 2. The number of nitrogens with one attached hydrogen (secondary N) is 2. The van der Waals surface area contributed by atoms with Crippen molar-refractivity contribution >= 4 is 11.8 Å². The summed E-state index contributed by atoms with van der Waals surface area (Å²) in [4.78, 5) is 23.3. The summed E-state index contributed by atoms with van der Waals surface area (Å²) in [5.41, 5.74) is 0.235. The third-order valence-electron chi connectivity index (χ3n) is 2.88. The van der Waals surface area contributed by atoms with Gasteiger partial charge in [-0.3, -0.25) is 9.59 Å². The van der Waals surface area contributed by atoms with E-state index in [4.69, 9.17) is 4.74 Å². The number of hydrogen-bond acceptors (Lipinski definition) is 4. The highest BCUT2D eigenvalue weighted by atomic mass is 19.3. The Labute approximate surface area is 133 Å². The third kappa shape index (κ3) is 6.09. The SMILES string of the molecule is COc1cc(C(=O)NCCNC(=O)C(C)C)ccc1OC(F)F. The number of benzene rings is 1. The molecule has 1 aromatic carbocycles. The first-order chi connectivity index (χ1) is 10.8. The second-order valence-corrected chi connectivity index (χ2v) is 4.95. The van der Waals surface area contributed by atoms with Gasteiger partial charge in [0.25, 0.3) is 5.91 Å². The molecule has 0 heterocycles. The van der Waals surface area contributed by atoms with Crippen molar-refractivity contribution in [2.45, 2.75) is 20.5 Å². The van der Waals surface area contributed by atoms with Gasteiger partial charge in [0.2, 0.25) is 5.91 Å². The van der Waals surface area contributed by atoms with Gasteiger partial charge in [-0.15, -0.1) is 0 Å². The molecule has 128 valence electrons. The molecule has 0 spiro atoms. The molecule has 0 aliphatic heterocycles. The van der Waals surface area contributed by atoms with Gasteiger partial charge in [0.1, 0.15) is 0 Å². The van der Waals surface area contributed by atoms with E-state index < -0.39 is 12.5 Å². The number of carbonyl (C=O) groups excluding carboxylic acids is 2. The summed E-state index contributed by atoms with van der Waals surface area (Å²) in [5.74, 6) is -0.758. The van der Waals surface area contributed by atoms with Crippen LogP contribution < -0.4 is 20.1 Å². The lowest BCUT2D eigenvalue weighted by Gasteiger charge is -2.12. The summed E-state index contributed by atoms with van der Waals surface area (Å²) < 4.78 is 33.7. The van der Waals surface area contributed by atoms with E-state index in [1.54, 1.807) is 13.8 Å². The van der Waals surface area contributed by atoms with Crippen molar-refractivity contribution in [3.8, 4) is 11.5 Å². The molecule has 2 N–H and O–H groups in total. The van der Waals surface area contributed by atoms with Crippen LogP contribution >= 0.6 is 0 Å². The van der Waals surface area contributed by atoms with E-state index in [-0.39, 0.29) is 35.4 Å². The number of amides is 2. The molecule has 2 amide bonds. The topological polar surface area (TPSA) is 76.7 Å². The van der Waals surface area contributed by atoms with Gasteiger partial charge in [-0.25, -0.2) is 0 Å². The van der Waals surface area contributed by atoms with E-state index >= 15 is 0 Å². The predicted molar refractivity (Wildman–Crippen MR) is 79.8 cm³/mol. The van der Waals surface area contributed by atoms with E-state index in [2.05, 4.69) is 15.4 Å². The fraction of sp³-hybridized carbons (Fsp3) is 0.467. The Balaban J connectivity index is 2.58. The quantitative estimate of drug-likeness (QED) is 0.713. The summed E-state index contributed by atoms with van der Waals surface area (Å²) in [7, 11) is 1.29. The maximum Gasteiger partial charge on any atom is 0.387 e. The third-order valence-corrected chi connectivity index (χ3v) is 2.88. The zero-order valence-electron chi connectivity index (χ0n) is 13.2. The van der Waals surface area contributed by atoms with Crippen LogP contribution in [0, 0.1) is 5.92 Å². The van der Waals surface area contributed by atoms with Gasteiger partial charge >= 0.3 is 6.61 Å². The van der Waals surface area contributed by atoms with Crippen molar-refractivity contribution in [1.29, 1.82) is 0 Å². The number of halogens is 2. The van der Waals surface area contributed by atoms with Crippen LogP contribution in [-0.2, 0) is 4.79 Å². The lowest BCUT2D eigenvalue weighted by Crippen LogP contribution is -2.36. The van der Waals surface area contributed by atoms with Gasteiger partial charge in [-0.05, 0) is 18.2 Å². The Hall–Kier alpha value is -2.38. The lowest BCUT2D eigenvalue weighted by molar-refractivity contribution is -0.123. The van der Waals surface area contributed by atoms with Gasteiger partial charge in [-0.2, -0.15) is 8.78 Å². The molecule has 0 radical (unpaired) electrons. The van der Waals surface area contributed by atoms with Crippen molar-refractivity contribution in [1.82, 2.24) is 10.6 Å². The molecule has 0 aromatic heterocycles. The highest BCUT2D eigenvalue weighted by molar-refractivity contribution is 5.94. The Morgan fingerprint density at radius 2 is 1.78 bits per heavy atom. The normalized spacial score (nSPS) is 10.6. The Morgan fingerprint density at radius 3 is 2.35 bits per heavy atom. The minimum absolute atomic E-state index is 0.0334. The van der Waals surface area contributed by atoms with Crippen LogP contribution in [0.1, 0.15) is 24.2 Å². The van der Waals surface area contributed by atoms with Crippen molar-refractivity contribution in [2.24, 2.45) is 5.92 Å². The molecular weight excluding hydrogens is 310 g/mol. The van der Waals surface area contributed by atoms with E-state index in [0.29, 0.717) is 6.54 Å². The first-order valence-corrected chi connectivity index (χ1v) is 7.04. The molecule has 0 saturated heterocycles. The van der Waals surface area contributed by atoms with E-state index in [9.17, 15) is 18.4 Å². The average Bonchev–Trinajstić information content (AvgIpc) is 2.50. The monoisotopic (exact) mass is 330 g/mol. The first-order valence-electron chi connectivity index (χ1n) is 7.04. The number of ether oxygens (including phenoxy) is 2. The van der Waals surface area contributed by atoms with E-state index in [0.717, 1.165) is 0 Å². The summed E-state index contributed by atoms with van der Waals surface area (Å²) in [6, 6.07) is 3.89. The smallest absolute Gasteiger partial charge is 0.387 e. The van der Waals surface area contributed by atoms with Gasteiger partial charge in [0, 0.05) is 24.6 Å². The Bertz CT molecular complexity index is 550. The molecule has 1 aromatic rings. The zero-order valence-corrected chi connectivity index (χ0v) is 13.2. The minimum Gasteiger partial charge on any atom is -0.493 e. The number of alkyl halides is 2. The molecule has 0 saturated carbocycles. The predicted octanol–water partition coefficient (Wildman–Crippen LogP) is 1.80. The largest absolute Gasteiger partial charge is 0.493 e. The molecule has 0 fully saturated rings. The summed E-state index contributed by atoms with van der Waals surface area (Å²) in [6.07, 6.45) is 0. The maximum atomic E-state index is 12.2. The second kappa shape index (κ2) is 8.92. The zero-order chi connectivity index (χ0) is 17.4. The van der Waals surface area contributed by atoms with Gasteiger partial charge in [0.15, 0.2) is 11.5 Å². The fourth-order valence-corrected chi connectivity index (χ4v) is 1.67. The molecule has 0 unspecified atom stereocenters. The average molecular weight is 330 g/mol. The number of carbonyl (C=O) groups is 2. The van der Waals surface area contributed by atoms with Crippen LogP contribution in [0.3, 0.4) is 0 Å². The van der Waals surface area contributed by atoms with Gasteiger partial charge in [0.05, 0.1) is 7.11 Å². The second-order valence-electron chi connectivity index (χ2n) is 4.95. The van der Waals surface area contributed by atoms with Gasteiger partial charge in [-0.1, -0.05) is 13.8 Å².